The number of amides is 3. The van der Waals surface area contributed by atoms with Crippen molar-refractivity contribution in [2.45, 2.75) is 45.5 Å². The first-order chi connectivity index (χ1) is 21.3. The predicted octanol–water partition coefficient (Wildman–Crippen LogP) is 2.44. The Kier molecular flexibility index (Phi) is 8.22. The quantitative estimate of drug-likeness (QED) is 0.360. The van der Waals surface area contributed by atoms with E-state index < -0.39 is 6.04 Å². The topological polar surface area (TPSA) is 141 Å². The second-order valence-corrected chi connectivity index (χ2v) is 10.9. The van der Waals surface area contributed by atoms with Gasteiger partial charge in [0.15, 0.2) is 6.61 Å². The summed E-state index contributed by atoms with van der Waals surface area (Å²) in [5.41, 5.74) is 2.77. The molecule has 2 N–H and O–H groups in total. The van der Waals surface area contributed by atoms with Gasteiger partial charge in [-0.2, -0.15) is 5.10 Å². The van der Waals surface area contributed by atoms with Gasteiger partial charge in [-0.1, -0.05) is 24.3 Å². The van der Waals surface area contributed by atoms with Crippen LogP contribution in [0.1, 0.15) is 34.0 Å². The number of nitrogens with one attached hydrogen (secondary N) is 2. The lowest BCUT2D eigenvalue weighted by molar-refractivity contribution is -0.134. The second-order valence-electron chi connectivity index (χ2n) is 10.9. The molecule has 2 aromatic heterocycles. The van der Waals surface area contributed by atoms with E-state index in [0.29, 0.717) is 53.8 Å². The third-order valence-corrected chi connectivity index (χ3v) is 7.70. The molecule has 2 aromatic carbocycles. The molecule has 0 unspecified atom stereocenters. The second kappa shape index (κ2) is 12.5. The Morgan fingerprint density at radius 3 is 2.61 bits per heavy atom. The van der Waals surface area contributed by atoms with E-state index in [4.69, 9.17) is 9.47 Å². The van der Waals surface area contributed by atoms with E-state index in [1.165, 1.54) is 6.20 Å². The van der Waals surface area contributed by atoms with Crippen LogP contribution < -0.4 is 20.1 Å². The molecular formula is C32H33N7O5. The standard InChI is InChI=1S/C32H33N7O5/c1-20-35-21(2)39(37-20)18-31(41)38-11-10-29-28(17-38)36-32(42)25-12-24(15-33-16-25)23-4-3-5-27(13-23)43-19-30(40)34-14-22-6-8-26(44-29)9-7-22/h3-9,12-13,15-16,28-29H,10-11,14,17-19H2,1-2H3,(H,34,40)(H,36,42)/t28-,29+/m1/s1. The number of aryl methyl sites for hydroxylation is 2. The Bertz CT molecular complexity index is 1690. The maximum atomic E-state index is 13.6. The van der Waals surface area contributed by atoms with Gasteiger partial charge in [-0.15, -0.1) is 0 Å². The van der Waals surface area contributed by atoms with Crippen LogP contribution in [0.5, 0.6) is 11.5 Å². The average Bonchev–Trinajstić information content (AvgIpc) is 3.35. The van der Waals surface area contributed by atoms with Crippen molar-refractivity contribution in [3.63, 3.8) is 0 Å². The fourth-order valence-corrected chi connectivity index (χ4v) is 5.38. The highest BCUT2D eigenvalue weighted by Gasteiger charge is 2.34. The Morgan fingerprint density at radius 2 is 1.82 bits per heavy atom. The summed E-state index contributed by atoms with van der Waals surface area (Å²) in [7, 11) is 0. The van der Waals surface area contributed by atoms with Crippen LogP contribution in [0.25, 0.3) is 11.1 Å². The Balaban J connectivity index is 1.28. The first-order valence-electron chi connectivity index (χ1n) is 14.5. The van der Waals surface area contributed by atoms with Crippen molar-refractivity contribution in [3.8, 4) is 22.6 Å². The monoisotopic (exact) mass is 595 g/mol. The summed E-state index contributed by atoms with van der Waals surface area (Å²) in [6, 6.07) is 16.0. The number of carbonyl (C=O) groups excluding carboxylic acids is 3. The number of aromatic nitrogens is 4. The summed E-state index contributed by atoms with van der Waals surface area (Å²) >= 11 is 0. The zero-order chi connectivity index (χ0) is 30.6. The van der Waals surface area contributed by atoms with E-state index in [-0.39, 0.29) is 43.5 Å². The maximum absolute atomic E-state index is 13.6. The highest BCUT2D eigenvalue weighted by Crippen LogP contribution is 2.25. The molecule has 44 heavy (non-hydrogen) atoms. The molecule has 3 amide bonds. The van der Waals surface area contributed by atoms with Crippen molar-refractivity contribution >= 4 is 17.7 Å². The molecule has 7 rings (SSSR count). The van der Waals surface area contributed by atoms with Gasteiger partial charge in [-0.25, -0.2) is 9.67 Å². The zero-order valence-corrected chi connectivity index (χ0v) is 24.5. The molecule has 0 radical (unpaired) electrons. The smallest absolute Gasteiger partial charge is 0.258 e. The number of benzene rings is 2. The van der Waals surface area contributed by atoms with Gasteiger partial charge in [0.05, 0.1) is 11.6 Å². The van der Waals surface area contributed by atoms with Crippen LogP contribution in [0.15, 0.2) is 67.0 Å². The number of nitrogens with zero attached hydrogens (tertiary/aromatic N) is 5. The molecule has 6 bridgehead atoms. The largest absolute Gasteiger partial charge is 0.488 e. The summed E-state index contributed by atoms with van der Waals surface area (Å²) in [5.74, 6) is 1.72. The predicted molar refractivity (Wildman–Crippen MR) is 160 cm³/mol. The lowest BCUT2D eigenvalue weighted by Crippen LogP contribution is -2.58. The van der Waals surface area contributed by atoms with Crippen LogP contribution in [-0.4, -0.2) is 74.2 Å². The SMILES string of the molecule is Cc1nc(C)n(CC(=O)N2CC[C@@H]3Oc4ccc(cc4)CNC(=O)COc4cccc(c4)-c4cncc(c4)C(=O)N[C@@H]3C2)n1. The third-order valence-electron chi connectivity index (χ3n) is 7.70. The molecule has 3 aliphatic rings. The van der Waals surface area contributed by atoms with Gasteiger partial charge in [-0.05, 0) is 55.3 Å². The number of ether oxygens (including phenoxy) is 2. The van der Waals surface area contributed by atoms with Crippen molar-refractivity contribution < 1.29 is 23.9 Å². The van der Waals surface area contributed by atoms with Gasteiger partial charge in [0.25, 0.3) is 11.8 Å². The molecule has 12 heteroatoms. The molecule has 0 spiro atoms. The summed E-state index contributed by atoms with van der Waals surface area (Å²) < 4.78 is 13.7. The molecule has 1 saturated heterocycles. The number of rotatable bonds is 2. The Morgan fingerprint density at radius 1 is 1.00 bits per heavy atom. The average molecular weight is 596 g/mol. The van der Waals surface area contributed by atoms with Crippen LogP contribution in [0.2, 0.25) is 0 Å². The van der Waals surface area contributed by atoms with E-state index >= 15 is 0 Å². The van der Waals surface area contributed by atoms with Crippen molar-refractivity contribution in [1.82, 2.24) is 35.3 Å². The number of fused-ring (bicyclic) bond motifs is 7. The highest BCUT2D eigenvalue weighted by atomic mass is 16.5. The minimum atomic E-state index is -0.497. The first kappa shape index (κ1) is 28.8. The van der Waals surface area contributed by atoms with Crippen LogP contribution in [0, 0.1) is 13.8 Å². The summed E-state index contributed by atoms with van der Waals surface area (Å²) in [6.07, 6.45) is 3.29. The van der Waals surface area contributed by atoms with Crippen LogP contribution in [-0.2, 0) is 22.7 Å². The van der Waals surface area contributed by atoms with Crippen molar-refractivity contribution in [3.05, 3.63) is 89.8 Å². The van der Waals surface area contributed by atoms with Gasteiger partial charge in [0.2, 0.25) is 5.91 Å². The van der Waals surface area contributed by atoms with Crippen molar-refractivity contribution in [2.75, 3.05) is 19.7 Å². The van der Waals surface area contributed by atoms with E-state index in [9.17, 15) is 14.4 Å². The number of hydrogen-bond acceptors (Lipinski definition) is 8. The molecule has 2 atom stereocenters. The molecule has 1 fully saturated rings. The number of piperidine rings is 1. The van der Waals surface area contributed by atoms with Gasteiger partial charge in [0.1, 0.15) is 35.8 Å². The molecular weight excluding hydrogens is 562 g/mol. The molecule has 0 aliphatic carbocycles. The molecule has 0 saturated carbocycles. The fourth-order valence-electron chi connectivity index (χ4n) is 5.38. The van der Waals surface area contributed by atoms with E-state index in [1.807, 2.05) is 43.3 Å². The van der Waals surface area contributed by atoms with Gasteiger partial charge in [-0.3, -0.25) is 19.4 Å². The van der Waals surface area contributed by atoms with Crippen LogP contribution in [0.3, 0.4) is 0 Å². The molecule has 4 aromatic rings. The van der Waals surface area contributed by atoms with Gasteiger partial charge >= 0.3 is 0 Å². The maximum Gasteiger partial charge on any atom is 0.258 e. The van der Waals surface area contributed by atoms with Gasteiger partial charge in [0, 0.05) is 44.0 Å². The highest BCUT2D eigenvalue weighted by molar-refractivity contribution is 5.95. The minimum Gasteiger partial charge on any atom is -0.488 e. The third kappa shape index (κ3) is 6.69. The van der Waals surface area contributed by atoms with E-state index in [2.05, 4.69) is 25.7 Å². The molecule has 5 heterocycles. The fraction of sp³-hybridized carbons (Fsp3) is 0.312. The lowest BCUT2D eigenvalue weighted by Gasteiger charge is -2.39. The first-order valence-corrected chi connectivity index (χ1v) is 14.5. The Hall–Kier alpha value is -5.26. The van der Waals surface area contributed by atoms with Crippen LogP contribution >= 0.6 is 0 Å². The summed E-state index contributed by atoms with van der Waals surface area (Å²) in [5, 5.41) is 10.3. The Labute approximate surface area is 254 Å². The van der Waals surface area contributed by atoms with Gasteiger partial charge < -0.3 is 25.0 Å². The summed E-state index contributed by atoms with van der Waals surface area (Å²) in [4.78, 5) is 49.7. The van der Waals surface area contributed by atoms with Crippen LogP contribution in [0.4, 0.5) is 0 Å². The molecule has 12 nitrogen and oxygen atoms in total. The van der Waals surface area contributed by atoms with E-state index in [1.54, 1.807) is 40.9 Å². The minimum absolute atomic E-state index is 0.0611. The number of pyridine rings is 1. The van der Waals surface area contributed by atoms with Crippen molar-refractivity contribution in [2.24, 2.45) is 0 Å². The van der Waals surface area contributed by atoms with E-state index in [0.717, 1.165) is 11.1 Å². The number of likely N-dealkylation sites (tertiary alicyclic amines) is 1. The summed E-state index contributed by atoms with van der Waals surface area (Å²) in [6.45, 7) is 4.59. The lowest BCUT2D eigenvalue weighted by atomic mass is 10.0. The zero-order valence-electron chi connectivity index (χ0n) is 24.5. The molecule has 226 valence electrons. The van der Waals surface area contributed by atoms with Crippen molar-refractivity contribution in [1.29, 1.82) is 0 Å². The normalized spacial score (nSPS) is 18.7. The number of carbonyl (C=O) groups is 3. The molecule has 3 aliphatic heterocycles. The number of hydrogen-bond donors (Lipinski definition) is 2.